The third-order valence-corrected chi connectivity index (χ3v) is 6.29. The van der Waals surface area contributed by atoms with Crippen LogP contribution in [0, 0.1) is 0 Å². The number of amides is 1. The highest BCUT2D eigenvalue weighted by molar-refractivity contribution is 7.99. The Hall–Kier alpha value is -3.38. The Morgan fingerprint density at radius 2 is 1.70 bits per heavy atom. The highest BCUT2D eigenvalue weighted by Crippen LogP contribution is 2.25. The number of nitrogens with zero attached hydrogens (tertiary/aromatic N) is 3. The first-order valence-electron chi connectivity index (χ1n) is 10.9. The topological polar surface area (TPSA) is 59.3 Å². The molecule has 0 saturated heterocycles. The van der Waals surface area contributed by atoms with E-state index in [-0.39, 0.29) is 17.1 Å². The van der Waals surface area contributed by atoms with E-state index in [0.29, 0.717) is 6.54 Å². The molecule has 0 radical (unpaired) electrons. The van der Waals surface area contributed by atoms with Gasteiger partial charge in [0.1, 0.15) is 0 Å². The molecule has 0 aliphatic carbocycles. The van der Waals surface area contributed by atoms with Crippen molar-refractivity contribution in [2.75, 3.05) is 5.75 Å². The fraction of sp³-hybridized carbons (Fsp3) is 0.222. The lowest BCUT2D eigenvalue weighted by Gasteiger charge is -2.18. The van der Waals surface area contributed by atoms with Crippen molar-refractivity contribution < 1.29 is 4.79 Å². The molecule has 1 amide bonds. The first-order valence-corrected chi connectivity index (χ1v) is 11.9. The Balaban J connectivity index is 1.39. The van der Waals surface area contributed by atoms with Crippen LogP contribution in [0.2, 0.25) is 0 Å². The number of nitrogens with one attached hydrogen (secondary N) is 1. The Morgan fingerprint density at radius 1 is 1.00 bits per heavy atom. The molecule has 4 rings (SSSR count). The number of rotatable bonds is 7. The smallest absolute Gasteiger partial charge is 0.250 e. The fourth-order valence-corrected chi connectivity index (χ4v) is 4.30. The van der Waals surface area contributed by atoms with Gasteiger partial charge in [-0.3, -0.25) is 4.79 Å². The predicted octanol–water partition coefficient (Wildman–Crippen LogP) is 5.62. The maximum absolute atomic E-state index is 12.4. The number of hydrazone groups is 1. The number of aromatic nitrogens is 2. The maximum atomic E-state index is 12.4. The molecule has 168 valence electrons. The van der Waals surface area contributed by atoms with Crippen LogP contribution in [0.3, 0.4) is 0 Å². The van der Waals surface area contributed by atoms with Crippen LogP contribution in [0.15, 0.2) is 89.1 Å². The molecule has 33 heavy (non-hydrogen) atoms. The molecule has 1 N–H and O–H groups in total. The van der Waals surface area contributed by atoms with E-state index in [0.717, 1.165) is 21.8 Å². The molecule has 1 heterocycles. The van der Waals surface area contributed by atoms with E-state index in [2.05, 4.69) is 66.2 Å². The number of fused-ring (bicyclic) bond motifs is 1. The molecule has 4 aromatic rings. The van der Waals surface area contributed by atoms with E-state index in [1.165, 1.54) is 22.9 Å². The quantitative estimate of drug-likeness (QED) is 0.223. The van der Waals surface area contributed by atoms with Gasteiger partial charge in [0.2, 0.25) is 0 Å². The minimum absolute atomic E-state index is 0.109. The minimum atomic E-state index is -0.166. The van der Waals surface area contributed by atoms with Gasteiger partial charge in [-0.2, -0.15) is 5.10 Å². The molecule has 3 aromatic carbocycles. The number of thioether (sulfide) groups is 1. The Morgan fingerprint density at radius 3 is 2.42 bits per heavy atom. The van der Waals surface area contributed by atoms with Crippen molar-refractivity contribution in [1.82, 2.24) is 15.0 Å². The number of benzene rings is 3. The van der Waals surface area contributed by atoms with E-state index in [1.54, 1.807) is 6.21 Å². The third-order valence-electron chi connectivity index (χ3n) is 5.31. The van der Waals surface area contributed by atoms with Crippen LogP contribution >= 0.6 is 11.8 Å². The van der Waals surface area contributed by atoms with Crippen molar-refractivity contribution in [3.05, 3.63) is 95.6 Å². The summed E-state index contributed by atoms with van der Waals surface area (Å²) in [6.07, 6.45) is 1.67. The molecule has 6 heteroatoms. The molecule has 1 aromatic heterocycles. The zero-order valence-electron chi connectivity index (χ0n) is 19.2. The number of hydrogen-bond donors (Lipinski definition) is 1. The largest absolute Gasteiger partial charge is 0.314 e. The monoisotopic (exact) mass is 456 g/mol. The average molecular weight is 457 g/mol. The Bertz CT molecular complexity index is 1260. The van der Waals surface area contributed by atoms with E-state index >= 15 is 0 Å². The number of hydrogen-bond acceptors (Lipinski definition) is 4. The van der Waals surface area contributed by atoms with Crippen LogP contribution in [-0.4, -0.2) is 27.4 Å². The second-order valence-electron chi connectivity index (χ2n) is 8.91. The van der Waals surface area contributed by atoms with Gasteiger partial charge in [-0.15, -0.1) is 0 Å². The van der Waals surface area contributed by atoms with Crippen LogP contribution in [0.25, 0.3) is 11.0 Å². The van der Waals surface area contributed by atoms with Crippen LogP contribution in [0.1, 0.15) is 37.5 Å². The van der Waals surface area contributed by atoms with Crippen LogP contribution < -0.4 is 5.43 Å². The zero-order valence-corrected chi connectivity index (χ0v) is 20.0. The van der Waals surface area contributed by atoms with Gasteiger partial charge in [-0.05, 0) is 34.2 Å². The Labute approximate surface area is 198 Å². The number of carbonyl (C=O) groups is 1. The second-order valence-corrected chi connectivity index (χ2v) is 9.85. The third kappa shape index (κ3) is 5.90. The first kappa shape index (κ1) is 22.8. The van der Waals surface area contributed by atoms with Crippen molar-refractivity contribution in [1.29, 1.82) is 0 Å². The number of para-hydroxylation sites is 2. The van der Waals surface area contributed by atoms with E-state index in [1.807, 2.05) is 48.5 Å². The summed E-state index contributed by atoms with van der Waals surface area (Å²) in [5.74, 6) is 0.0687. The summed E-state index contributed by atoms with van der Waals surface area (Å²) in [6, 6.07) is 26.5. The molecule has 0 fully saturated rings. The average Bonchev–Trinajstić information content (AvgIpc) is 3.15. The van der Waals surface area contributed by atoms with Crippen molar-refractivity contribution in [2.45, 2.75) is 37.9 Å². The number of imidazole rings is 1. The maximum Gasteiger partial charge on any atom is 0.250 e. The summed E-state index contributed by atoms with van der Waals surface area (Å²) in [6.45, 7) is 7.25. The standard InChI is InChI=1S/C27H28N4OS/c1-27(2,3)22-15-13-20(14-16-22)17-28-30-25(32)19-33-26-29-23-11-7-8-12-24(23)31(26)18-21-9-5-4-6-10-21/h4-17H,18-19H2,1-3H3,(H,30,32)/b28-17+. The highest BCUT2D eigenvalue weighted by Gasteiger charge is 2.14. The van der Waals surface area contributed by atoms with Gasteiger partial charge in [-0.1, -0.05) is 99.3 Å². The number of carbonyl (C=O) groups excluding carboxylic acids is 1. The molecule has 0 aliphatic rings. The molecule has 0 spiro atoms. The lowest BCUT2D eigenvalue weighted by molar-refractivity contribution is -0.118. The van der Waals surface area contributed by atoms with Crippen molar-refractivity contribution in [3.63, 3.8) is 0 Å². The summed E-state index contributed by atoms with van der Waals surface area (Å²) >= 11 is 1.42. The molecule has 0 atom stereocenters. The lowest BCUT2D eigenvalue weighted by Crippen LogP contribution is -2.20. The molecule has 5 nitrogen and oxygen atoms in total. The summed E-state index contributed by atoms with van der Waals surface area (Å²) < 4.78 is 2.16. The molecule has 0 saturated carbocycles. The molecule has 0 aliphatic heterocycles. The summed E-state index contributed by atoms with van der Waals surface area (Å²) in [7, 11) is 0. The van der Waals surface area contributed by atoms with Gasteiger partial charge in [0.25, 0.3) is 5.91 Å². The van der Waals surface area contributed by atoms with Gasteiger partial charge in [0.15, 0.2) is 5.16 Å². The minimum Gasteiger partial charge on any atom is -0.314 e. The second kappa shape index (κ2) is 10.0. The van der Waals surface area contributed by atoms with Crippen LogP contribution in [0.5, 0.6) is 0 Å². The Kier molecular flexibility index (Phi) is 6.94. The van der Waals surface area contributed by atoms with Crippen LogP contribution in [-0.2, 0) is 16.8 Å². The van der Waals surface area contributed by atoms with Crippen molar-refractivity contribution in [3.8, 4) is 0 Å². The molecular weight excluding hydrogens is 428 g/mol. The van der Waals surface area contributed by atoms with E-state index in [4.69, 9.17) is 4.98 Å². The summed E-state index contributed by atoms with van der Waals surface area (Å²) in [5.41, 5.74) is 8.11. The van der Waals surface area contributed by atoms with Gasteiger partial charge >= 0.3 is 0 Å². The first-order chi connectivity index (χ1) is 15.9. The SMILES string of the molecule is CC(C)(C)c1ccc(/C=N/NC(=O)CSc2nc3ccccc3n2Cc2ccccc2)cc1. The lowest BCUT2D eigenvalue weighted by atomic mass is 9.87. The van der Waals surface area contributed by atoms with Gasteiger partial charge in [0, 0.05) is 0 Å². The van der Waals surface area contributed by atoms with Crippen molar-refractivity contribution >= 4 is 34.9 Å². The molecular formula is C27H28N4OS. The van der Waals surface area contributed by atoms with Crippen molar-refractivity contribution in [2.24, 2.45) is 5.10 Å². The summed E-state index contributed by atoms with van der Waals surface area (Å²) in [5, 5.41) is 4.93. The van der Waals surface area contributed by atoms with Gasteiger partial charge in [-0.25, -0.2) is 10.4 Å². The summed E-state index contributed by atoms with van der Waals surface area (Å²) in [4.78, 5) is 17.1. The van der Waals surface area contributed by atoms with E-state index < -0.39 is 0 Å². The zero-order chi connectivity index (χ0) is 23.3. The van der Waals surface area contributed by atoms with Gasteiger partial charge in [0.05, 0.1) is 29.5 Å². The fourth-order valence-electron chi connectivity index (χ4n) is 3.49. The molecule has 0 unspecified atom stereocenters. The normalized spacial score (nSPS) is 11.8. The molecule has 0 bridgehead atoms. The predicted molar refractivity (Wildman–Crippen MR) is 137 cm³/mol. The van der Waals surface area contributed by atoms with Gasteiger partial charge < -0.3 is 4.57 Å². The van der Waals surface area contributed by atoms with Crippen LogP contribution in [0.4, 0.5) is 0 Å². The van der Waals surface area contributed by atoms with E-state index in [9.17, 15) is 4.79 Å². The highest BCUT2D eigenvalue weighted by atomic mass is 32.2.